The molecular formula is C15H23IN2O2S. The summed E-state index contributed by atoms with van der Waals surface area (Å²) in [5, 5.41) is 3.82. The second-order valence-electron chi connectivity index (χ2n) is 4.99. The number of hydrogen-bond acceptors (Lipinski definition) is 3. The minimum atomic E-state index is -3.30. The minimum Gasteiger partial charge on any atom is -0.205 e. The van der Waals surface area contributed by atoms with Gasteiger partial charge in [-0.05, 0) is 46.7 Å². The van der Waals surface area contributed by atoms with Gasteiger partial charge in [-0.1, -0.05) is 51.2 Å². The van der Waals surface area contributed by atoms with E-state index in [-0.39, 0.29) is 5.75 Å². The molecule has 0 aliphatic carbocycles. The largest absolute Gasteiger partial charge is 0.247 e. The van der Waals surface area contributed by atoms with Gasteiger partial charge in [0, 0.05) is 3.57 Å². The van der Waals surface area contributed by atoms with E-state index in [4.69, 9.17) is 0 Å². The summed E-state index contributed by atoms with van der Waals surface area (Å²) in [6.45, 7) is 2.17. The van der Waals surface area contributed by atoms with Crippen molar-refractivity contribution in [3.63, 3.8) is 0 Å². The Morgan fingerprint density at radius 2 is 1.90 bits per heavy atom. The molecule has 6 heteroatoms. The molecule has 1 rings (SSSR count). The maximum absolute atomic E-state index is 11.8. The van der Waals surface area contributed by atoms with Crippen molar-refractivity contribution in [1.29, 1.82) is 0 Å². The first-order valence-corrected chi connectivity index (χ1v) is 10.0. The summed E-state index contributed by atoms with van der Waals surface area (Å²) < 4.78 is 24.6. The highest BCUT2D eigenvalue weighted by atomic mass is 127. The molecule has 0 aliphatic heterocycles. The van der Waals surface area contributed by atoms with E-state index in [1.807, 2.05) is 24.3 Å². The van der Waals surface area contributed by atoms with Crippen LogP contribution in [0.25, 0.3) is 0 Å². The molecule has 0 bridgehead atoms. The number of sulfonamides is 1. The molecule has 0 radical (unpaired) electrons. The van der Waals surface area contributed by atoms with Gasteiger partial charge in [0.1, 0.15) is 0 Å². The first-order chi connectivity index (χ1) is 10.0. The van der Waals surface area contributed by atoms with Gasteiger partial charge in [0.2, 0.25) is 10.0 Å². The van der Waals surface area contributed by atoms with Crippen LogP contribution in [0.15, 0.2) is 29.4 Å². The van der Waals surface area contributed by atoms with Gasteiger partial charge < -0.3 is 0 Å². The number of rotatable bonds is 10. The van der Waals surface area contributed by atoms with Crippen LogP contribution in [0.4, 0.5) is 0 Å². The van der Waals surface area contributed by atoms with Gasteiger partial charge in [0.15, 0.2) is 0 Å². The van der Waals surface area contributed by atoms with E-state index in [1.165, 1.54) is 25.5 Å². The lowest BCUT2D eigenvalue weighted by Crippen LogP contribution is -2.21. The number of unbranched alkanes of at least 4 members (excludes halogenated alkanes) is 5. The fourth-order valence-electron chi connectivity index (χ4n) is 1.89. The van der Waals surface area contributed by atoms with Crippen LogP contribution < -0.4 is 4.83 Å². The smallest absolute Gasteiger partial charge is 0.205 e. The number of benzene rings is 1. The summed E-state index contributed by atoms with van der Waals surface area (Å²) in [4.78, 5) is 2.27. The lowest BCUT2D eigenvalue weighted by Gasteiger charge is -2.03. The van der Waals surface area contributed by atoms with Crippen molar-refractivity contribution in [1.82, 2.24) is 4.83 Å². The van der Waals surface area contributed by atoms with Gasteiger partial charge in [-0.15, -0.1) is 0 Å². The van der Waals surface area contributed by atoms with E-state index >= 15 is 0 Å². The minimum absolute atomic E-state index is 0.142. The SMILES string of the molecule is CCCCCCCCS(=O)(=O)N/N=C/c1cccc(I)c1. The van der Waals surface area contributed by atoms with E-state index in [0.717, 1.165) is 22.0 Å². The van der Waals surface area contributed by atoms with Crippen molar-refractivity contribution >= 4 is 38.8 Å². The topological polar surface area (TPSA) is 58.5 Å². The summed E-state index contributed by atoms with van der Waals surface area (Å²) in [5.41, 5.74) is 0.879. The molecule has 0 unspecified atom stereocenters. The van der Waals surface area contributed by atoms with Gasteiger partial charge in [-0.25, -0.2) is 13.2 Å². The van der Waals surface area contributed by atoms with Crippen LogP contribution in [0.2, 0.25) is 0 Å². The normalized spacial score (nSPS) is 11.9. The van der Waals surface area contributed by atoms with E-state index in [0.29, 0.717) is 6.42 Å². The number of hydrogen-bond donors (Lipinski definition) is 1. The molecule has 1 N–H and O–H groups in total. The van der Waals surface area contributed by atoms with Crippen LogP contribution in [-0.2, 0) is 10.0 Å². The molecule has 4 nitrogen and oxygen atoms in total. The fourth-order valence-corrected chi connectivity index (χ4v) is 3.34. The Kier molecular flexibility index (Phi) is 8.91. The zero-order chi connectivity index (χ0) is 15.6. The Morgan fingerprint density at radius 3 is 2.62 bits per heavy atom. The molecule has 0 saturated heterocycles. The van der Waals surface area contributed by atoms with Crippen molar-refractivity contribution in [2.45, 2.75) is 45.4 Å². The van der Waals surface area contributed by atoms with Crippen LogP contribution in [0.1, 0.15) is 51.0 Å². The second kappa shape index (κ2) is 10.2. The molecule has 0 aromatic heterocycles. The molecule has 0 heterocycles. The van der Waals surface area contributed by atoms with Crippen LogP contribution in [-0.4, -0.2) is 20.4 Å². The summed E-state index contributed by atoms with van der Waals surface area (Å²) >= 11 is 2.20. The predicted octanol–water partition coefficient (Wildman–Crippen LogP) is 3.91. The van der Waals surface area contributed by atoms with Crippen LogP contribution in [0.3, 0.4) is 0 Å². The molecule has 0 fully saturated rings. The van der Waals surface area contributed by atoms with Gasteiger partial charge in [-0.3, -0.25) is 0 Å². The Morgan fingerprint density at radius 1 is 1.19 bits per heavy atom. The average molecular weight is 422 g/mol. The van der Waals surface area contributed by atoms with Crippen LogP contribution >= 0.6 is 22.6 Å². The molecule has 1 aromatic rings. The third-order valence-corrected chi connectivity index (χ3v) is 4.90. The summed E-state index contributed by atoms with van der Waals surface area (Å²) in [7, 11) is -3.30. The quantitative estimate of drug-likeness (QED) is 0.269. The Labute approximate surface area is 141 Å². The summed E-state index contributed by atoms with van der Waals surface area (Å²) in [6.07, 6.45) is 7.91. The number of halogens is 1. The molecule has 1 aromatic carbocycles. The molecule has 118 valence electrons. The van der Waals surface area contributed by atoms with Gasteiger partial charge in [-0.2, -0.15) is 5.10 Å². The molecule has 0 amide bonds. The van der Waals surface area contributed by atoms with Gasteiger partial charge in [0.25, 0.3) is 0 Å². The van der Waals surface area contributed by atoms with E-state index in [9.17, 15) is 8.42 Å². The summed E-state index contributed by atoms with van der Waals surface area (Å²) in [6, 6.07) is 7.70. The highest BCUT2D eigenvalue weighted by Gasteiger charge is 2.07. The lowest BCUT2D eigenvalue weighted by molar-refractivity contribution is 0.573. The molecule has 0 spiro atoms. The number of nitrogens with one attached hydrogen (secondary N) is 1. The van der Waals surface area contributed by atoms with Crippen molar-refractivity contribution < 1.29 is 8.42 Å². The number of nitrogens with zero attached hydrogens (tertiary/aromatic N) is 1. The van der Waals surface area contributed by atoms with E-state index < -0.39 is 10.0 Å². The third kappa shape index (κ3) is 9.08. The molecule has 21 heavy (non-hydrogen) atoms. The van der Waals surface area contributed by atoms with Crippen molar-refractivity contribution in [3.8, 4) is 0 Å². The highest BCUT2D eigenvalue weighted by Crippen LogP contribution is 2.07. The Hall–Kier alpha value is -0.630. The first-order valence-electron chi connectivity index (χ1n) is 7.31. The van der Waals surface area contributed by atoms with Crippen molar-refractivity contribution in [2.75, 3.05) is 5.75 Å². The maximum Gasteiger partial charge on any atom is 0.247 e. The molecule has 0 saturated carbocycles. The third-order valence-electron chi connectivity index (χ3n) is 3.02. The number of hydrazone groups is 1. The summed E-state index contributed by atoms with van der Waals surface area (Å²) in [5.74, 6) is 0.142. The molecule has 0 aliphatic rings. The second-order valence-corrected chi connectivity index (χ2v) is 8.06. The van der Waals surface area contributed by atoms with Crippen LogP contribution in [0.5, 0.6) is 0 Å². The predicted molar refractivity (Wildman–Crippen MR) is 97.1 cm³/mol. The van der Waals surface area contributed by atoms with Gasteiger partial charge in [0.05, 0.1) is 12.0 Å². The fraction of sp³-hybridized carbons (Fsp3) is 0.533. The van der Waals surface area contributed by atoms with E-state index in [1.54, 1.807) is 0 Å². The molecule has 0 atom stereocenters. The molecular weight excluding hydrogens is 399 g/mol. The van der Waals surface area contributed by atoms with Crippen LogP contribution in [0, 0.1) is 3.57 Å². The first kappa shape index (κ1) is 18.4. The zero-order valence-electron chi connectivity index (χ0n) is 12.4. The van der Waals surface area contributed by atoms with Crippen molar-refractivity contribution in [3.05, 3.63) is 33.4 Å². The lowest BCUT2D eigenvalue weighted by atomic mass is 10.1. The maximum atomic E-state index is 11.8. The standard InChI is InChI=1S/C15H23IN2O2S/c1-2-3-4-5-6-7-11-21(19,20)18-17-13-14-9-8-10-15(16)12-14/h8-10,12-13,18H,2-7,11H2,1H3/b17-13+. The van der Waals surface area contributed by atoms with E-state index in [2.05, 4.69) is 39.4 Å². The average Bonchev–Trinajstić information content (AvgIpc) is 2.42. The zero-order valence-corrected chi connectivity index (χ0v) is 15.4. The highest BCUT2D eigenvalue weighted by molar-refractivity contribution is 14.1. The Balaban J connectivity index is 2.29. The monoisotopic (exact) mass is 422 g/mol. The van der Waals surface area contributed by atoms with Gasteiger partial charge >= 0.3 is 0 Å². The van der Waals surface area contributed by atoms with Crippen molar-refractivity contribution in [2.24, 2.45) is 5.10 Å². The Bertz CT molecular complexity index is 544.